The van der Waals surface area contributed by atoms with Crippen molar-refractivity contribution in [2.24, 2.45) is 5.73 Å². The highest BCUT2D eigenvalue weighted by Gasteiger charge is 2.14. The van der Waals surface area contributed by atoms with Crippen LogP contribution in [0.1, 0.15) is 31.9 Å². The number of hydrogen-bond donors (Lipinski definition) is 2. The fourth-order valence-electron chi connectivity index (χ4n) is 1.98. The second kappa shape index (κ2) is 4.97. The molecule has 0 radical (unpaired) electrons. The van der Waals surface area contributed by atoms with Crippen LogP contribution in [0.15, 0.2) is 35.1 Å². The van der Waals surface area contributed by atoms with Crippen molar-refractivity contribution in [2.75, 3.05) is 0 Å². The van der Waals surface area contributed by atoms with Gasteiger partial charge in [-0.05, 0) is 16.5 Å². The van der Waals surface area contributed by atoms with E-state index in [9.17, 15) is 4.79 Å². The van der Waals surface area contributed by atoms with Gasteiger partial charge in [-0.3, -0.25) is 4.79 Å². The third kappa shape index (κ3) is 2.90. The zero-order valence-corrected chi connectivity index (χ0v) is 11.5. The Kier molecular flexibility index (Phi) is 3.53. The Labute approximate surface area is 112 Å². The molecule has 0 spiro atoms. The molecule has 0 aliphatic carbocycles. The van der Waals surface area contributed by atoms with E-state index in [1.165, 1.54) is 11.6 Å². The number of benzene rings is 1. The van der Waals surface area contributed by atoms with Gasteiger partial charge in [-0.25, -0.2) is 5.10 Å². The molecule has 0 saturated heterocycles. The molecule has 4 nitrogen and oxygen atoms in total. The van der Waals surface area contributed by atoms with Crippen LogP contribution < -0.4 is 11.3 Å². The Morgan fingerprint density at radius 3 is 2.37 bits per heavy atom. The van der Waals surface area contributed by atoms with Crippen LogP contribution in [0.4, 0.5) is 0 Å². The smallest absolute Gasteiger partial charge is 0.264 e. The van der Waals surface area contributed by atoms with Crippen LogP contribution in [0.25, 0.3) is 11.3 Å². The Balaban J connectivity index is 2.46. The molecule has 0 unspecified atom stereocenters. The van der Waals surface area contributed by atoms with Crippen molar-refractivity contribution in [2.45, 2.75) is 32.7 Å². The largest absolute Gasteiger partial charge is 0.326 e. The minimum Gasteiger partial charge on any atom is -0.326 e. The van der Waals surface area contributed by atoms with E-state index in [1.807, 2.05) is 12.1 Å². The zero-order chi connectivity index (χ0) is 14.0. The quantitative estimate of drug-likeness (QED) is 0.866. The van der Waals surface area contributed by atoms with E-state index >= 15 is 0 Å². The number of H-pyrrole nitrogens is 1. The molecule has 0 bridgehead atoms. The van der Waals surface area contributed by atoms with Crippen LogP contribution in [-0.2, 0) is 12.0 Å². The van der Waals surface area contributed by atoms with Gasteiger partial charge in [-0.15, -0.1) is 0 Å². The standard InChI is InChI=1S/C15H19N3O/c1-15(2,3)12-6-4-10(5-7-12)14-11(9-16)8-13(19)17-18-14/h4-8H,9,16H2,1-3H3,(H,17,19). The van der Waals surface area contributed by atoms with Gasteiger partial charge >= 0.3 is 0 Å². The predicted molar refractivity (Wildman–Crippen MR) is 76.9 cm³/mol. The fraction of sp³-hybridized carbons (Fsp3) is 0.333. The topological polar surface area (TPSA) is 71.8 Å². The van der Waals surface area contributed by atoms with E-state index in [0.717, 1.165) is 16.8 Å². The van der Waals surface area contributed by atoms with Crippen molar-refractivity contribution in [3.63, 3.8) is 0 Å². The van der Waals surface area contributed by atoms with Gasteiger partial charge in [0.25, 0.3) is 5.56 Å². The van der Waals surface area contributed by atoms with E-state index in [0.29, 0.717) is 6.54 Å². The lowest BCUT2D eigenvalue weighted by molar-refractivity contribution is 0.590. The molecule has 0 saturated carbocycles. The summed E-state index contributed by atoms with van der Waals surface area (Å²) in [6.07, 6.45) is 0. The average Bonchev–Trinajstić information content (AvgIpc) is 2.37. The first-order chi connectivity index (χ1) is 8.91. The fourth-order valence-corrected chi connectivity index (χ4v) is 1.98. The zero-order valence-electron chi connectivity index (χ0n) is 11.5. The second-order valence-electron chi connectivity index (χ2n) is 5.64. The maximum absolute atomic E-state index is 11.2. The predicted octanol–water partition coefficient (Wildman–Crippen LogP) is 2.19. The van der Waals surface area contributed by atoms with Gasteiger partial charge < -0.3 is 5.73 Å². The maximum atomic E-state index is 11.2. The number of rotatable bonds is 2. The number of aromatic amines is 1. The SMILES string of the molecule is CC(C)(C)c1ccc(-c2n[nH]c(=O)cc2CN)cc1. The number of aromatic nitrogens is 2. The molecule has 4 heteroatoms. The molecule has 1 heterocycles. The van der Waals surface area contributed by atoms with Crippen LogP contribution in [0.3, 0.4) is 0 Å². The van der Waals surface area contributed by atoms with Gasteiger partial charge in [-0.1, -0.05) is 45.0 Å². The van der Waals surface area contributed by atoms with Crippen molar-refractivity contribution in [3.8, 4) is 11.3 Å². The van der Waals surface area contributed by atoms with Crippen molar-refractivity contribution >= 4 is 0 Å². The molecular weight excluding hydrogens is 238 g/mol. The lowest BCUT2D eigenvalue weighted by atomic mass is 9.86. The van der Waals surface area contributed by atoms with Gasteiger partial charge in [0, 0.05) is 18.2 Å². The van der Waals surface area contributed by atoms with E-state index in [-0.39, 0.29) is 11.0 Å². The third-order valence-electron chi connectivity index (χ3n) is 3.13. The molecule has 1 aromatic carbocycles. The van der Waals surface area contributed by atoms with Gasteiger partial charge in [0.05, 0.1) is 5.69 Å². The van der Waals surface area contributed by atoms with Crippen molar-refractivity contribution in [1.29, 1.82) is 0 Å². The first kappa shape index (κ1) is 13.5. The van der Waals surface area contributed by atoms with Crippen LogP contribution in [-0.4, -0.2) is 10.2 Å². The molecule has 0 aliphatic heterocycles. The lowest BCUT2D eigenvalue weighted by Crippen LogP contribution is -2.13. The molecule has 0 fully saturated rings. The van der Waals surface area contributed by atoms with E-state index in [2.05, 4.69) is 43.1 Å². The first-order valence-electron chi connectivity index (χ1n) is 6.31. The summed E-state index contributed by atoms with van der Waals surface area (Å²) in [4.78, 5) is 11.2. The van der Waals surface area contributed by atoms with Crippen LogP contribution in [0, 0.1) is 0 Å². The summed E-state index contributed by atoms with van der Waals surface area (Å²) in [5.74, 6) is 0. The average molecular weight is 257 g/mol. The molecule has 1 aromatic heterocycles. The molecule has 0 amide bonds. The minimum absolute atomic E-state index is 0.119. The number of nitrogens with two attached hydrogens (primary N) is 1. The molecule has 2 aromatic rings. The maximum Gasteiger partial charge on any atom is 0.264 e. The Morgan fingerprint density at radius 1 is 1.21 bits per heavy atom. The number of hydrogen-bond acceptors (Lipinski definition) is 3. The normalized spacial score (nSPS) is 11.6. The summed E-state index contributed by atoms with van der Waals surface area (Å²) in [5, 5.41) is 6.55. The van der Waals surface area contributed by atoms with E-state index in [4.69, 9.17) is 5.73 Å². The number of nitrogens with one attached hydrogen (secondary N) is 1. The van der Waals surface area contributed by atoms with Crippen LogP contribution in [0.5, 0.6) is 0 Å². The molecule has 100 valence electrons. The van der Waals surface area contributed by atoms with Gasteiger partial charge in [0.2, 0.25) is 0 Å². The Morgan fingerprint density at radius 2 is 1.84 bits per heavy atom. The second-order valence-corrected chi connectivity index (χ2v) is 5.64. The molecule has 19 heavy (non-hydrogen) atoms. The molecule has 0 atom stereocenters. The van der Waals surface area contributed by atoms with Gasteiger partial charge in [0.1, 0.15) is 0 Å². The highest BCUT2D eigenvalue weighted by atomic mass is 16.1. The molecule has 3 N–H and O–H groups in total. The summed E-state index contributed by atoms with van der Waals surface area (Å²) in [6.45, 7) is 6.82. The van der Waals surface area contributed by atoms with Gasteiger partial charge in [-0.2, -0.15) is 5.10 Å². The molecule has 0 aliphatic rings. The van der Waals surface area contributed by atoms with E-state index in [1.54, 1.807) is 0 Å². The molecule has 2 rings (SSSR count). The van der Waals surface area contributed by atoms with Crippen LogP contribution in [0.2, 0.25) is 0 Å². The highest BCUT2D eigenvalue weighted by molar-refractivity contribution is 5.62. The van der Waals surface area contributed by atoms with E-state index < -0.39 is 0 Å². The summed E-state index contributed by atoms with van der Waals surface area (Å²) >= 11 is 0. The lowest BCUT2D eigenvalue weighted by Gasteiger charge is -2.19. The Hall–Kier alpha value is -1.94. The van der Waals surface area contributed by atoms with Crippen molar-refractivity contribution in [1.82, 2.24) is 10.2 Å². The Bertz CT molecular complexity index is 621. The summed E-state index contributed by atoms with van der Waals surface area (Å²) in [7, 11) is 0. The first-order valence-corrected chi connectivity index (χ1v) is 6.31. The minimum atomic E-state index is -0.226. The highest BCUT2D eigenvalue weighted by Crippen LogP contribution is 2.26. The summed E-state index contributed by atoms with van der Waals surface area (Å²) in [5.41, 5.74) is 9.27. The monoisotopic (exact) mass is 257 g/mol. The third-order valence-corrected chi connectivity index (χ3v) is 3.13. The van der Waals surface area contributed by atoms with Crippen molar-refractivity contribution < 1.29 is 0 Å². The molecular formula is C15H19N3O. The van der Waals surface area contributed by atoms with Crippen molar-refractivity contribution in [3.05, 3.63) is 51.8 Å². The van der Waals surface area contributed by atoms with Crippen LogP contribution >= 0.6 is 0 Å². The number of nitrogens with zero attached hydrogens (tertiary/aromatic N) is 1. The summed E-state index contributed by atoms with van der Waals surface area (Å²) in [6, 6.07) is 9.70. The van der Waals surface area contributed by atoms with Gasteiger partial charge in [0.15, 0.2) is 0 Å². The summed E-state index contributed by atoms with van der Waals surface area (Å²) < 4.78 is 0.